The van der Waals surface area contributed by atoms with Gasteiger partial charge < -0.3 is 15.7 Å². The van der Waals surface area contributed by atoms with E-state index in [1.807, 2.05) is 18.2 Å². The van der Waals surface area contributed by atoms with E-state index >= 15 is 0 Å². The molecule has 0 spiro atoms. The zero-order valence-corrected chi connectivity index (χ0v) is 14.2. The monoisotopic (exact) mass is 336 g/mol. The molecule has 0 bridgehead atoms. The van der Waals surface area contributed by atoms with E-state index in [1.54, 1.807) is 18.2 Å². The van der Waals surface area contributed by atoms with Crippen molar-refractivity contribution in [3.8, 4) is 5.75 Å². The van der Waals surface area contributed by atoms with Gasteiger partial charge >= 0.3 is 0 Å². The molecule has 2 aliphatic rings. The minimum atomic E-state index is -0.0888. The molecule has 0 heterocycles. The van der Waals surface area contributed by atoms with Gasteiger partial charge in [-0.3, -0.25) is 4.79 Å². The van der Waals surface area contributed by atoms with Gasteiger partial charge in [0.25, 0.3) is 5.91 Å². The van der Waals surface area contributed by atoms with Crippen LogP contribution in [0.1, 0.15) is 46.7 Å². The van der Waals surface area contributed by atoms with Crippen molar-refractivity contribution in [2.45, 2.75) is 37.8 Å². The van der Waals surface area contributed by atoms with Gasteiger partial charge in [0.1, 0.15) is 5.75 Å². The molecule has 2 aliphatic carbocycles. The molecule has 0 aliphatic heterocycles. The second-order valence-electron chi connectivity index (χ2n) is 7.27. The van der Waals surface area contributed by atoms with Crippen LogP contribution in [0.2, 0.25) is 0 Å². The molecule has 2 aromatic carbocycles. The van der Waals surface area contributed by atoms with E-state index in [2.05, 4.69) is 22.8 Å². The number of nitrogens with one attached hydrogen (secondary N) is 2. The minimum Gasteiger partial charge on any atom is -0.508 e. The molecule has 4 nitrogen and oxygen atoms in total. The van der Waals surface area contributed by atoms with Gasteiger partial charge in [0, 0.05) is 24.1 Å². The van der Waals surface area contributed by atoms with Crippen molar-refractivity contribution >= 4 is 5.91 Å². The molecule has 4 heteroatoms. The first-order valence-corrected chi connectivity index (χ1v) is 9.08. The van der Waals surface area contributed by atoms with Crippen LogP contribution < -0.4 is 10.6 Å². The molecule has 25 heavy (non-hydrogen) atoms. The van der Waals surface area contributed by atoms with Crippen molar-refractivity contribution in [3.05, 3.63) is 65.2 Å². The van der Waals surface area contributed by atoms with E-state index in [9.17, 15) is 9.90 Å². The van der Waals surface area contributed by atoms with Gasteiger partial charge in [-0.25, -0.2) is 0 Å². The molecule has 0 radical (unpaired) electrons. The largest absolute Gasteiger partial charge is 0.508 e. The van der Waals surface area contributed by atoms with Crippen molar-refractivity contribution in [1.82, 2.24) is 10.6 Å². The van der Waals surface area contributed by atoms with Crippen molar-refractivity contribution < 1.29 is 9.90 Å². The first-order valence-electron chi connectivity index (χ1n) is 9.08. The lowest BCUT2D eigenvalue weighted by Gasteiger charge is -2.07. The summed E-state index contributed by atoms with van der Waals surface area (Å²) in [5.74, 6) is 1.64. The summed E-state index contributed by atoms with van der Waals surface area (Å²) >= 11 is 0. The van der Waals surface area contributed by atoms with Crippen molar-refractivity contribution in [1.29, 1.82) is 0 Å². The Bertz CT molecular complexity index is 753. The Morgan fingerprint density at radius 3 is 2.64 bits per heavy atom. The van der Waals surface area contributed by atoms with Gasteiger partial charge in [0.15, 0.2) is 0 Å². The normalized spacial score (nSPS) is 21.8. The fourth-order valence-electron chi connectivity index (χ4n) is 3.26. The van der Waals surface area contributed by atoms with Crippen LogP contribution in [-0.2, 0) is 6.54 Å². The van der Waals surface area contributed by atoms with Gasteiger partial charge in [0.05, 0.1) is 0 Å². The van der Waals surface area contributed by atoms with Gasteiger partial charge in [0.2, 0.25) is 0 Å². The summed E-state index contributed by atoms with van der Waals surface area (Å²) in [5, 5.41) is 16.0. The maximum Gasteiger partial charge on any atom is 0.251 e. The zero-order chi connectivity index (χ0) is 17.2. The third-order valence-corrected chi connectivity index (χ3v) is 5.12. The number of carbonyl (C=O) groups excluding carboxylic acids is 1. The molecule has 2 atom stereocenters. The van der Waals surface area contributed by atoms with Crippen LogP contribution in [-0.4, -0.2) is 23.6 Å². The standard InChI is InChI=1S/C21H24N2O2/c24-18-3-1-2-15(10-18)13-23-21(25)17-8-6-16(7-9-17)19-11-20(19)22-12-14-4-5-14/h1-3,6-10,14,19-20,22,24H,4-5,11-13H2,(H,23,25). The van der Waals surface area contributed by atoms with Crippen molar-refractivity contribution in [2.75, 3.05) is 6.54 Å². The Morgan fingerprint density at radius 1 is 1.12 bits per heavy atom. The minimum absolute atomic E-state index is 0.0888. The number of benzene rings is 2. The summed E-state index contributed by atoms with van der Waals surface area (Å²) < 4.78 is 0. The quantitative estimate of drug-likeness (QED) is 0.728. The number of amides is 1. The van der Waals surface area contributed by atoms with E-state index in [-0.39, 0.29) is 11.7 Å². The van der Waals surface area contributed by atoms with E-state index in [1.165, 1.54) is 24.8 Å². The molecule has 3 N–H and O–H groups in total. The molecular formula is C21H24N2O2. The van der Waals surface area contributed by atoms with E-state index in [4.69, 9.17) is 0 Å². The van der Waals surface area contributed by atoms with E-state index in [0.29, 0.717) is 24.1 Å². The number of hydrogen-bond acceptors (Lipinski definition) is 3. The number of hydrogen-bond donors (Lipinski definition) is 3. The molecule has 2 unspecified atom stereocenters. The van der Waals surface area contributed by atoms with E-state index < -0.39 is 0 Å². The van der Waals surface area contributed by atoms with Crippen LogP contribution in [0, 0.1) is 5.92 Å². The third-order valence-electron chi connectivity index (χ3n) is 5.12. The number of phenolic OH excluding ortho intramolecular Hbond substituents is 1. The fourth-order valence-corrected chi connectivity index (χ4v) is 3.26. The maximum atomic E-state index is 12.3. The Labute approximate surface area is 148 Å². The summed E-state index contributed by atoms with van der Waals surface area (Å²) in [6.07, 6.45) is 3.98. The Hall–Kier alpha value is -2.33. The highest BCUT2D eigenvalue weighted by Gasteiger charge is 2.38. The summed E-state index contributed by atoms with van der Waals surface area (Å²) in [5.41, 5.74) is 2.87. The number of rotatable bonds is 7. The van der Waals surface area contributed by atoms with Crippen LogP contribution in [0.5, 0.6) is 5.75 Å². The lowest BCUT2D eigenvalue weighted by Crippen LogP contribution is -2.22. The van der Waals surface area contributed by atoms with Crippen molar-refractivity contribution in [2.24, 2.45) is 5.92 Å². The molecule has 130 valence electrons. The molecule has 2 fully saturated rings. The summed E-state index contributed by atoms with van der Waals surface area (Å²) in [4.78, 5) is 12.3. The van der Waals surface area contributed by atoms with Crippen LogP contribution in [0.3, 0.4) is 0 Å². The smallest absolute Gasteiger partial charge is 0.251 e. The Kier molecular flexibility index (Phi) is 4.45. The summed E-state index contributed by atoms with van der Waals surface area (Å²) in [6.45, 7) is 1.57. The molecule has 2 aromatic rings. The third kappa shape index (κ3) is 4.20. The molecular weight excluding hydrogens is 312 g/mol. The van der Waals surface area contributed by atoms with Crippen LogP contribution >= 0.6 is 0 Å². The number of carbonyl (C=O) groups is 1. The average molecular weight is 336 g/mol. The van der Waals surface area contributed by atoms with Crippen molar-refractivity contribution in [3.63, 3.8) is 0 Å². The first kappa shape index (κ1) is 16.2. The molecule has 4 rings (SSSR count). The molecule has 0 saturated heterocycles. The number of aromatic hydroxyl groups is 1. The average Bonchev–Trinajstić information content (AvgIpc) is 3.53. The first-order chi connectivity index (χ1) is 12.2. The fraction of sp³-hybridized carbons (Fsp3) is 0.381. The lowest BCUT2D eigenvalue weighted by atomic mass is 10.1. The van der Waals surface area contributed by atoms with Gasteiger partial charge in [-0.15, -0.1) is 0 Å². The zero-order valence-electron chi connectivity index (χ0n) is 14.2. The maximum absolute atomic E-state index is 12.3. The summed E-state index contributed by atoms with van der Waals surface area (Å²) in [6, 6.07) is 15.5. The van der Waals surface area contributed by atoms with Gasteiger partial charge in [-0.2, -0.15) is 0 Å². The highest BCUT2D eigenvalue weighted by Crippen LogP contribution is 2.41. The van der Waals surface area contributed by atoms with Crippen LogP contribution in [0.25, 0.3) is 0 Å². The topological polar surface area (TPSA) is 61.4 Å². The Balaban J connectivity index is 1.28. The van der Waals surface area contributed by atoms with Crippen LogP contribution in [0.4, 0.5) is 0 Å². The second-order valence-corrected chi connectivity index (χ2v) is 7.27. The SMILES string of the molecule is O=C(NCc1cccc(O)c1)c1ccc(C2CC2NCC2CC2)cc1. The second kappa shape index (κ2) is 6.89. The van der Waals surface area contributed by atoms with E-state index in [0.717, 1.165) is 18.0 Å². The highest BCUT2D eigenvalue weighted by molar-refractivity contribution is 5.94. The van der Waals surface area contributed by atoms with Crippen LogP contribution in [0.15, 0.2) is 48.5 Å². The molecule has 0 aromatic heterocycles. The molecule has 2 saturated carbocycles. The lowest BCUT2D eigenvalue weighted by molar-refractivity contribution is 0.0951. The molecule has 1 amide bonds. The van der Waals surface area contributed by atoms with Gasteiger partial charge in [-0.1, -0.05) is 24.3 Å². The predicted molar refractivity (Wildman–Crippen MR) is 97.6 cm³/mol. The highest BCUT2D eigenvalue weighted by atomic mass is 16.3. The number of phenols is 1. The summed E-state index contributed by atoms with van der Waals surface area (Å²) in [7, 11) is 0. The van der Waals surface area contributed by atoms with Gasteiger partial charge in [-0.05, 0) is 67.1 Å². The predicted octanol–water partition coefficient (Wildman–Crippen LogP) is 3.18. The Morgan fingerprint density at radius 2 is 1.92 bits per heavy atom.